The van der Waals surface area contributed by atoms with E-state index >= 15 is 0 Å². The van der Waals surface area contributed by atoms with Crippen LogP contribution in [0.5, 0.6) is 0 Å². The predicted octanol–water partition coefficient (Wildman–Crippen LogP) is 1.74. The molecule has 0 aliphatic heterocycles. The third kappa shape index (κ3) is 3.45. The van der Waals surface area contributed by atoms with Crippen LogP contribution in [-0.2, 0) is 21.2 Å². The van der Waals surface area contributed by atoms with Crippen molar-refractivity contribution in [3.8, 4) is 0 Å². The molecule has 1 aromatic heterocycles. The van der Waals surface area contributed by atoms with E-state index in [2.05, 4.69) is 5.16 Å². The summed E-state index contributed by atoms with van der Waals surface area (Å²) in [5, 5.41) is 3.69. The van der Waals surface area contributed by atoms with Crippen LogP contribution in [0.15, 0.2) is 39.8 Å². The number of aromatic nitrogens is 1. The van der Waals surface area contributed by atoms with Crippen molar-refractivity contribution < 1.29 is 22.5 Å². The molecule has 0 radical (unpaired) electrons. The van der Waals surface area contributed by atoms with Gasteiger partial charge in [-0.25, -0.2) is 13.2 Å². The van der Waals surface area contributed by atoms with Crippen LogP contribution in [0.3, 0.4) is 0 Å². The van der Waals surface area contributed by atoms with Crippen molar-refractivity contribution in [2.24, 2.45) is 0 Å². The maximum Gasteiger partial charge on any atom is 0.338 e. The van der Waals surface area contributed by atoms with Crippen molar-refractivity contribution in [3.63, 3.8) is 0 Å². The van der Waals surface area contributed by atoms with Crippen molar-refractivity contribution in [2.75, 3.05) is 6.26 Å². The molecule has 20 heavy (non-hydrogen) atoms. The minimum Gasteiger partial charge on any atom is -0.455 e. The maximum absolute atomic E-state index is 11.8. The van der Waals surface area contributed by atoms with Crippen LogP contribution in [0, 0.1) is 6.92 Å². The molecule has 0 saturated carbocycles. The summed E-state index contributed by atoms with van der Waals surface area (Å²) >= 11 is 0. The number of hydrogen-bond donors (Lipinski definition) is 0. The van der Waals surface area contributed by atoms with E-state index < -0.39 is 15.8 Å². The largest absolute Gasteiger partial charge is 0.455 e. The lowest BCUT2D eigenvalue weighted by molar-refractivity contribution is 0.0464. The Morgan fingerprint density at radius 1 is 1.35 bits per heavy atom. The summed E-state index contributed by atoms with van der Waals surface area (Å²) in [5.41, 5.74) is 0.670. The van der Waals surface area contributed by atoms with Gasteiger partial charge in [-0.2, -0.15) is 0 Å². The van der Waals surface area contributed by atoms with Crippen molar-refractivity contribution in [1.29, 1.82) is 0 Å². The first kappa shape index (κ1) is 14.3. The fourth-order valence-corrected chi connectivity index (χ4v) is 2.23. The number of carbonyl (C=O) groups is 1. The zero-order valence-electron chi connectivity index (χ0n) is 11.0. The van der Waals surface area contributed by atoms with Crippen molar-refractivity contribution in [3.05, 3.63) is 47.3 Å². The summed E-state index contributed by atoms with van der Waals surface area (Å²) in [6.45, 7) is 1.70. The van der Waals surface area contributed by atoms with E-state index in [4.69, 9.17) is 9.26 Å². The first-order chi connectivity index (χ1) is 9.36. The molecule has 106 valence electrons. The van der Waals surface area contributed by atoms with Gasteiger partial charge in [-0.15, -0.1) is 0 Å². The van der Waals surface area contributed by atoms with Gasteiger partial charge in [0.15, 0.2) is 9.84 Å². The van der Waals surface area contributed by atoms with Crippen LogP contribution in [-0.4, -0.2) is 25.8 Å². The lowest BCUT2D eigenvalue weighted by Crippen LogP contribution is -2.07. The molecular formula is C13H13NO5S. The Balaban J connectivity index is 2.10. The van der Waals surface area contributed by atoms with Crippen LogP contribution in [0.1, 0.15) is 21.8 Å². The van der Waals surface area contributed by atoms with Gasteiger partial charge in [-0.3, -0.25) is 0 Å². The number of nitrogens with zero attached hydrogens (tertiary/aromatic N) is 1. The lowest BCUT2D eigenvalue weighted by Gasteiger charge is -2.04. The predicted molar refractivity (Wildman–Crippen MR) is 69.9 cm³/mol. The van der Waals surface area contributed by atoms with Crippen molar-refractivity contribution >= 4 is 15.8 Å². The van der Waals surface area contributed by atoms with E-state index in [0.717, 1.165) is 6.26 Å². The van der Waals surface area contributed by atoms with E-state index in [0.29, 0.717) is 11.5 Å². The van der Waals surface area contributed by atoms with Crippen LogP contribution in [0.4, 0.5) is 0 Å². The molecule has 0 spiro atoms. The normalized spacial score (nSPS) is 11.3. The number of aryl methyl sites for hydroxylation is 1. The van der Waals surface area contributed by atoms with E-state index in [-0.39, 0.29) is 17.1 Å². The van der Waals surface area contributed by atoms with Crippen LogP contribution in [0.2, 0.25) is 0 Å². The summed E-state index contributed by atoms with van der Waals surface area (Å²) < 4.78 is 32.7. The van der Waals surface area contributed by atoms with Gasteiger partial charge in [0, 0.05) is 12.3 Å². The van der Waals surface area contributed by atoms with Crippen molar-refractivity contribution in [1.82, 2.24) is 5.16 Å². The molecule has 0 atom stereocenters. The highest BCUT2D eigenvalue weighted by atomic mass is 32.2. The molecule has 0 aliphatic carbocycles. The summed E-state index contributed by atoms with van der Waals surface area (Å²) in [7, 11) is -3.36. The van der Waals surface area contributed by atoms with E-state index in [1.54, 1.807) is 13.0 Å². The molecule has 2 aromatic rings. The zero-order valence-corrected chi connectivity index (χ0v) is 11.8. The monoisotopic (exact) mass is 295 g/mol. The molecule has 0 fully saturated rings. The molecule has 6 nitrogen and oxygen atoms in total. The number of hydrogen-bond acceptors (Lipinski definition) is 6. The second-order valence-electron chi connectivity index (χ2n) is 4.31. The molecule has 0 amide bonds. The van der Waals surface area contributed by atoms with Gasteiger partial charge >= 0.3 is 5.97 Å². The van der Waals surface area contributed by atoms with E-state index in [1.807, 2.05) is 0 Å². The molecule has 0 bridgehead atoms. The average molecular weight is 295 g/mol. The van der Waals surface area contributed by atoms with Gasteiger partial charge in [0.2, 0.25) is 0 Å². The van der Waals surface area contributed by atoms with Crippen LogP contribution < -0.4 is 0 Å². The lowest BCUT2D eigenvalue weighted by atomic mass is 10.2. The highest BCUT2D eigenvalue weighted by Gasteiger charge is 2.13. The standard InChI is InChI=1S/C13H13NO5S/c1-9-6-11(14-19-9)8-18-13(15)10-4-3-5-12(7-10)20(2,16)17/h3-7H,8H2,1-2H3. The zero-order chi connectivity index (χ0) is 14.8. The molecule has 0 saturated heterocycles. The Kier molecular flexibility index (Phi) is 3.89. The second kappa shape index (κ2) is 5.46. The quantitative estimate of drug-likeness (QED) is 0.799. The highest BCUT2D eigenvalue weighted by molar-refractivity contribution is 7.90. The van der Waals surface area contributed by atoms with Crippen LogP contribution >= 0.6 is 0 Å². The van der Waals surface area contributed by atoms with Gasteiger partial charge in [-0.1, -0.05) is 11.2 Å². The van der Waals surface area contributed by atoms with Crippen LogP contribution in [0.25, 0.3) is 0 Å². The third-order valence-corrected chi connectivity index (χ3v) is 3.64. The first-order valence-electron chi connectivity index (χ1n) is 5.76. The molecule has 0 unspecified atom stereocenters. The van der Waals surface area contributed by atoms with Gasteiger partial charge in [0.1, 0.15) is 18.1 Å². The number of rotatable bonds is 4. The second-order valence-corrected chi connectivity index (χ2v) is 6.32. The van der Waals surface area contributed by atoms with E-state index in [9.17, 15) is 13.2 Å². The van der Waals surface area contributed by atoms with Crippen molar-refractivity contribution in [2.45, 2.75) is 18.4 Å². The molecule has 0 N–H and O–H groups in total. The molecule has 1 aromatic carbocycles. The minimum atomic E-state index is -3.36. The summed E-state index contributed by atoms with van der Waals surface area (Å²) in [6.07, 6.45) is 1.08. The number of ether oxygens (including phenoxy) is 1. The highest BCUT2D eigenvalue weighted by Crippen LogP contribution is 2.13. The number of esters is 1. The van der Waals surface area contributed by atoms with Gasteiger partial charge in [-0.05, 0) is 25.1 Å². The summed E-state index contributed by atoms with van der Waals surface area (Å²) in [5.74, 6) is 0.00581. The fourth-order valence-electron chi connectivity index (χ4n) is 1.56. The average Bonchev–Trinajstić information content (AvgIpc) is 2.81. The Hall–Kier alpha value is -2.15. The number of carbonyl (C=O) groups excluding carboxylic acids is 1. The number of sulfone groups is 1. The van der Waals surface area contributed by atoms with Gasteiger partial charge in [0.05, 0.1) is 10.5 Å². The first-order valence-corrected chi connectivity index (χ1v) is 7.65. The molecule has 0 aliphatic rings. The Morgan fingerprint density at radius 2 is 2.10 bits per heavy atom. The maximum atomic E-state index is 11.8. The third-order valence-electron chi connectivity index (χ3n) is 2.53. The van der Waals surface area contributed by atoms with E-state index in [1.165, 1.54) is 24.3 Å². The smallest absolute Gasteiger partial charge is 0.338 e. The van der Waals surface area contributed by atoms with Gasteiger partial charge in [0.25, 0.3) is 0 Å². The Morgan fingerprint density at radius 3 is 2.70 bits per heavy atom. The molecule has 2 rings (SSSR count). The summed E-state index contributed by atoms with van der Waals surface area (Å²) in [6, 6.07) is 7.34. The Bertz CT molecular complexity index is 733. The molecule has 1 heterocycles. The molecule has 7 heteroatoms. The number of benzene rings is 1. The fraction of sp³-hybridized carbons (Fsp3) is 0.231. The topological polar surface area (TPSA) is 86.5 Å². The van der Waals surface area contributed by atoms with Gasteiger partial charge < -0.3 is 9.26 Å². The summed E-state index contributed by atoms with van der Waals surface area (Å²) in [4.78, 5) is 11.9. The SMILES string of the molecule is Cc1cc(COC(=O)c2cccc(S(C)(=O)=O)c2)no1. The Labute approximate surface area is 116 Å². The minimum absolute atomic E-state index is 0.0285. The molecular weight excluding hydrogens is 282 g/mol.